The molecule has 5 heteroatoms. The molecule has 0 aromatic carbocycles. The maximum Gasteiger partial charge on any atom is 0.303 e. The smallest absolute Gasteiger partial charge is 0.303 e. The first-order valence-corrected chi connectivity index (χ1v) is 3.05. The van der Waals surface area contributed by atoms with Crippen LogP contribution in [-0.4, -0.2) is 29.0 Å². The van der Waals surface area contributed by atoms with E-state index in [-0.39, 0.29) is 18.6 Å². The van der Waals surface area contributed by atoms with Crippen LogP contribution in [0.25, 0.3) is 0 Å². The van der Waals surface area contributed by atoms with E-state index < -0.39 is 11.9 Å². The zero-order chi connectivity index (χ0) is 8.27. The Kier molecular flexibility index (Phi) is 2.10. The van der Waals surface area contributed by atoms with Crippen LogP contribution in [0.4, 0.5) is 0 Å². The summed E-state index contributed by atoms with van der Waals surface area (Å²) >= 11 is 0. The van der Waals surface area contributed by atoms with Crippen LogP contribution in [-0.2, 0) is 9.59 Å². The monoisotopic (exact) mass is 154 g/mol. The fraction of sp³-hybridized carbons (Fsp3) is 0.333. The summed E-state index contributed by atoms with van der Waals surface area (Å²) < 4.78 is 0. The molecule has 0 bridgehead atoms. The number of hydrogen-bond donors (Lipinski definition) is 1. The predicted octanol–water partition coefficient (Wildman–Crippen LogP) is -0.139. The summed E-state index contributed by atoms with van der Waals surface area (Å²) in [5.41, 5.74) is 0.229. The van der Waals surface area contributed by atoms with Gasteiger partial charge in [-0.25, -0.2) is 4.99 Å². The number of aliphatic imine (C=N–C) groups is 2. The van der Waals surface area contributed by atoms with E-state index in [1.807, 2.05) is 0 Å². The van der Waals surface area contributed by atoms with Gasteiger partial charge in [-0.15, -0.1) is 0 Å². The first-order valence-electron chi connectivity index (χ1n) is 3.05. The summed E-state index contributed by atoms with van der Waals surface area (Å²) in [6.07, 6.45) is 1.22. The van der Waals surface area contributed by atoms with Gasteiger partial charge in [-0.2, -0.15) is 4.99 Å². The first-order chi connectivity index (χ1) is 5.20. The molecule has 0 fully saturated rings. The maximum atomic E-state index is 10.7. The number of carboxylic acids is 1. The molecule has 0 radical (unpaired) electrons. The summed E-state index contributed by atoms with van der Waals surface area (Å²) in [7, 11) is 0. The molecule has 5 nitrogen and oxygen atoms in total. The Morgan fingerprint density at radius 3 is 2.82 bits per heavy atom. The van der Waals surface area contributed by atoms with Gasteiger partial charge in [-0.05, 0) is 0 Å². The molecule has 0 aromatic heterocycles. The summed E-state index contributed by atoms with van der Waals surface area (Å²) in [4.78, 5) is 27.7. The normalized spacial score (nSPS) is 15.3. The SMILES string of the molecule is O=C(O)CCC1=NC=NC1=O. The summed E-state index contributed by atoms with van der Waals surface area (Å²) in [6, 6.07) is 0. The van der Waals surface area contributed by atoms with Crippen molar-refractivity contribution in [2.45, 2.75) is 12.8 Å². The summed E-state index contributed by atoms with van der Waals surface area (Å²) in [5, 5.41) is 8.25. The van der Waals surface area contributed by atoms with E-state index in [0.29, 0.717) is 0 Å². The lowest BCUT2D eigenvalue weighted by Gasteiger charge is -1.91. The molecule has 0 saturated carbocycles. The average Bonchev–Trinajstić information content (AvgIpc) is 2.31. The average molecular weight is 154 g/mol. The number of nitrogens with zero attached hydrogens (tertiary/aromatic N) is 2. The molecule has 0 aliphatic carbocycles. The Hall–Kier alpha value is -1.52. The first kappa shape index (κ1) is 7.59. The third kappa shape index (κ3) is 1.96. The molecule has 0 atom stereocenters. The van der Waals surface area contributed by atoms with Gasteiger partial charge in [-0.3, -0.25) is 9.59 Å². The summed E-state index contributed by atoms with van der Waals surface area (Å²) in [5.74, 6) is -1.36. The van der Waals surface area contributed by atoms with Gasteiger partial charge in [0.25, 0.3) is 5.91 Å². The standard InChI is InChI=1S/C6H6N2O3/c9-5(10)2-1-4-6(11)8-3-7-4/h3H,1-2H2,(H,9,10). The number of amides is 1. The van der Waals surface area contributed by atoms with Gasteiger partial charge in [0.1, 0.15) is 12.1 Å². The topological polar surface area (TPSA) is 79.1 Å². The van der Waals surface area contributed by atoms with Crippen LogP contribution in [0, 0.1) is 0 Å². The second-order valence-corrected chi connectivity index (χ2v) is 2.02. The summed E-state index contributed by atoms with van der Waals surface area (Å²) in [6.45, 7) is 0. The second-order valence-electron chi connectivity index (χ2n) is 2.02. The van der Waals surface area contributed by atoms with Crippen LogP contribution in [0.5, 0.6) is 0 Å². The number of carbonyl (C=O) groups is 2. The van der Waals surface area contributed by atoms with Crippen molar-refractivity contribution in [2.24, 2.45) is 9.98 Å². The Labute approximate surface area is 62.5 Å². The lowest BCUT2D eigenvalue weighted by atomic mass is 10.2. The number of carboxylic acid groups (broad SMARTS) is 1. The minimum absolute atomic E-state index is 0.0755. The molecule has 1 rings (SSSR count). The van der Waals surface area contributed by atoms with Crippen molar-refractivity contribution >= 4 is 23.9 Å². The molecule has 0 aromatic rings. The van der Waals surface area contributed by atoms with Crippen LogP contribution in [0.1, 0.15) is 12.8 Å². The predicted molar refractivity (Wildman–Crippen MR) is 37.8 cm³/mol. The van der Waals surface area contributed by atoms with Crippen molar-refractivity contribution in [3.8, 4) is 0 Å². The van der Waals surface area contributed by atoms with Crippen molar-refractivity contribution in [1.29, 1.82) is 0 Å². The highest BCUT2D eigenvalue weighted by atomic mass is 16.4. The number of aliphatic carboxylic acids is 1. The van der Waals surface area contributed by atoms with E-state index in [2.05, 4.69) is 9.98 Å². The fourth-order valence-electron chi connectivity index (χ4n) is 0.678. The highest BCUT2D eigenvalue weighted by molar-refractivity contribution is 6.43. The van der Waals surface area contributed by atoms with Crippen LogP contribution < -0.4 is 0 Å². The third-order valence-corrected chi connectivity index (χ3v) is 1.21. The number of hydrogen-bond acceptors (Lipinski definition) is 3. The minimum Gasteiger partial charge on any atom is -0.481 e. The van der Waals surface area contributed by atoms with E-state index >= 15 is 0 Å². The van der Waals surface area contributed by atoms with Crippen LogP contribution in [0.2, 0.25) is 0 Å². The molecular formula is C6H6N2O3. The van der Waals surface area contributed by atoms with E-state index in [0.717, 1.165) is 6.34 Å². The highest BCUT2D eigenvalue weighted by Crippen LogP contribution is 1.99. The van der Waals surface area contributed by atoms with Gasteiger partial charge in [-0.1, -0.05) is 0 Å². The lowest BCUT2D eigenvalue weighted by molar-refractivity contribution is -0.136. The lowest BCUT2D eigenvalue weighted by Crippen LogP contribution is -2.09. The molecular weight excluding hydrogens is 148 g/mol. The Morgan fingerprint density at radius 1 is 1.64 bits per heavy atom. The third-order valence-electron chi connectivity index (χ3n) is 1.21. The molecule has 0 unspecified atom stereocenters. The molecule has 0 saturated heterocycles. The molecule has 1 heterocycles. The van der Waals surface area contributed by atoms with Crippen molar-refractivity contribution in [3.05, 3.63) is 0 Å². The van der Waals surface area contributed by atoms with Crippen LogP contribution in [0.3, 0.4) is 0 Å². The molecule has 0 spiro atoms. The zero-order valence-electron chi connectivity index (χ0n) is 5.65. The van der Waals surface area contributed by atoms with E-state index in [1.54, 1.807) is 0 Å². The largest absolute Gasteiger partial charge is 0.481 e. The van der Waals surface area contributed by atoms with Crippen LogP contribution >= 0.6 is 0 Å². The van der Waals surface area contributed by atoms with Crippen molar-refractivity contribution in [3.63, 3.8) is 0 Å². The van der Waals surface area contributed by atoms with Crippen molar-refractivity contribution < 1.29 is 14.7 Å². The minimum atomic E-state index is -0.938. The Bertz CT molecular complexity index is 255. The maximum absolute atomic E-state index is 10.7. The van der Waals surface area contributed by atoms with E-state index in [4.69, 9.17) is 5.11 Å². The van der Waals surface area contributed by atoms with Crippen LogP contribution in [0.15, 0.2) is 9.98 Å². The zero-order valence-corrected chi connectivity index (χ0v) is 5.65. The van der Waals surface area contributed by atoms with Gasteiger partial charge in [0.05, 0.1) is 6.42 Å². The van der Waals surface area contributed by atoms with Gasteiger partial charge < -0.3 is 5.11 Å². The molecule has 1 amide bonds. The number of carbonyl (C=O) groups excluding carboxylic acids is 1. The highest BCUT2D eigenvalue weighted by Gasteiger charge is 2.14. The van der Waals surface area contributed by atoms with E-state index in [1.165, 1.54) is 0 Å². The van der Waals surface area contributed by atoms with Crippen molar-refractivity contribution in [1.82, 2.24) is 0 Å². The molecule has 1 aliphatic heterocycles. The number of rotatable bonds is 3. The Balaban J connectivity index is 2.40. The molecule has 11 heavy (non-hydrogen) atoms. The van der Waals surface area contributed by atoms with Gasteiger partial charge in [0, 0.05) is 6.42 Å². The van der Waals surface area contributed by atoms with Crippen molar-refractivity contribution in [2.75, 3.05) is 0 Å². The molecule has 1 aliphatic rings. The van der Waals surface area contributed by atoms with E-state index in [9.17, 15) is 9.59 Å². The Morgan fingerprint density at radius 2 is 2.36 bits per heavy atom. The fourth-order valence-corrected chi connectivity index (χ4v) is 0.678. The van der Waals surface area contributed by atoms with Gasteiger partial charge in [0.15, 0.2) is 0 Å². The molecule has 58 valence electrons. The molecule has 1 N–H and O–H groups in total. The van der Waals surface area contributed by atoms with Gasteiger partial charge >= 0.3 is 5.97 Å². The quantitative estimate of drug-likeness (QED) is 0.614. The second kappa shape index (κ2) is 3.05. The van der Waals surface area contributed by atoms with Gasteiger partial charge in [0.2, 0.25) is 0 Å².